The van der Waals surface area contributed by atoms with Crippen molar-refractivity contribution in [1.29, 1.82) is 0 Å². The molecule has 0 N–H and O–H groups in total. The van der Waals surface area contributed by atoms with Crippen LogP contribution in [0.25, 0.3) is 0 Å². The minimum absolute atomic E-state index is 0.583. The Kier molecular flexibility index (Phi) is 4.02. The molecule has 1 aliphatic carbocycles. The van der Waals surface area contributed by atoms with Crippen LogP contribution in [0.1, 0.15) is 56.6 Å². The van der Waals surface area contributed by atoms with Crippen molar-refractivity contribution in [3.8, 4) is 0 Å². The smallest absolute Gasteiger partial charge is 0.0642 e. The maximum absolute atomic E-state index is 5.54. The predicted octanol–water partition coefficient (Wildman–Crippen LogP) is 4.16. The number of nitrogens with zero attached hydrogens (tertiary/aromatic N) is 1. The molecule has 20 heavy (non-hydrogen) atoms. The van der Waals surface area contributed by atoms with E-state index in [9.17, 15) is 0 Å². The van der Waals surface area contributed by atoms with E-state index in [-0.39, 0.29) is 0 Å². The average Bonchev–Trinajstić information content (AvgIpc) is 3.31. The molecule has 1 aromatic carbocycles. The Labute approximate surface area is 123 Å². The highest BCUT2D eigenvalue weighted by Crippen LogP contribution is 2.46. The number of benzene rings is 1. The molecule has 1 saturated carbocycles. The van der Waals surface area contributed by atoms with E-state index in [0.717, 1.165) is 32.2 Å². The summed E-state index contributed by atoms with van der Waals surface area (Å²) in [5, 5.41) is 0. The summed E-state index contributed by atoms with van der Waals surface area (Å²) in [6.07, 6.45) is 2.82. The monoisotopic (exact) mass is 273 g/mol. The van der Waals surface area contributed by atoms with E-state index < -0.39 is 0 Å². The molecular weight excluding hydrogens is 246 g/mol. The summed E-state index contributed by atoms with van der Waals surface area (Å²) in [6, 6.07) is 6.94. The van der Waals surface area contributed by atoms with E-state index in [1.54, 1.807) is 5.56 Å². The lowest BCUT2D eigenvalue weighted by molar-refractivity contribution is 0.122. The number of anilines is 1. The molecule has 2 heteroatoms. The van der Waals surface area contributed by atoms with E-state index >= 15 is 0 Å². The first-order valence-electron chi connectivity index (χ1n) is 8.14. The topological polar surface area (TPSA) is 12.5 Å². The van der Waals surface area contributed by atoms with Gasteiger partial charge in [0.1, 0.15) is 0 Å². The summed E-state index contributed by atoms with van der Waals surface area (Å²) in [7, 11) is 0. The molecule has 110 valence electrons. The fourth-order valence-corrected chi connectivity index (χ4v) is 3.42. The molecule has 1 aliphatic heterocycles. The highest BCUT2D eigenvalue weighted by atomic mass is 16.5. The van der Waals surface area contributed by atoms with Gasteiger partial charge in [0.2, 0.25) is 0 Å². The van der Waals surface area contributed by atoms with Crippen molar-refractivity contribution < 1.29 is 4.74 Å². The third-order valence-corrected chi connectivity index (χ3v) is 4.87. The molecule has 1 saturated heterocycles. The first-order valence-corrected chi connectivity index (χ1v) is 8.14. The van der Waals surface area contributed by atoms with Crippen molar-refractivity contribution in [2.75, 3.05) is 31.2 Å². The lowest BCUT2D eigenvalue weighted by Gasteiger charge is -2.34. The Morgan fingerprint density at radius 3 is 2.30 bits per heavy atom. The van der Waals surface area contributed by atoms with Crippen LogP contribution in [0.2, 0.25) is 0 Å². The third-order valence-electron chi connectivity index (χ3n) is 4.87. The fourth-order valence-electron chi connectivity index (χ4n) is 3.42. The van der Waals surface area contributed by atoms with Crippen molar-refractivity contribution in [2.24, 2.45) is 5.92 Å². The van der Waals surface area contributed by atoms with Gasteiger partial charge in [0.05, 0.1) is 13.2 Å². The standard InChI is InChI=1S/C18H27NO/c1-13(2)16-5-4-6-17(14(3)15-7-8-15)18(16)19-9-11-20-12-10-19/h4-6,13-15H,7-12H2,1-3H3. The summed E-state index contributed by atoms with van der Waals surface area (Å²) >= 11 is 0. The van der Waals surface area contributed by atoms with Crippen LogP contribution in [0.15, 0.2) is 18.2 Å². The summed E-state index contributed by atoms with van der Waals surface area (Å²) < 4.78 is 5.54. The molecule has 2 fully saturated rings. The summed E-state index contributed by atoms with van der Waals surface area (Å²) in [5.74, 6) is 2.20. The van der Waals surface area contributed by atoms with Gasteiger partial charge in [-0.1, -0.05) is 39.0 Å². The first kappa shape index (κ1) is 13.9. The number of morpholine rings is 1. The normalized spacial score (nSPS) is 21.3. The van der Waals surface area contributed by atoms with Gasteiger partial charge in [-0.3, -0.25) is 0 Å². The molecular formula is C18H27NO. The Morgan fingerprint density at radius 1 is 1.05 bits per heavy atom. The van der Waals surface area contributed by atoms with Gasteiger partial charge in [0, 0.05) is 18.8 Å². The van der Waals surface area contributed by atoms with Gasteiger partial charge in [-0.15, -0.1) is 0 Å². The Balaban J connectivity index is 2.00. The SMILES string of the molecule is CC(C)c1cccc(C(C)C2CC2)c1N1CCOCC1. The second kappa shape index (κ2) is 5.77. The Morgan fingerprint density at radius 2 is 1.70 bits per heavy atom. The highest BCUT2D eigenvalue weighted by Gasteiger charge is 2.32. The predicted molar refractivity (Wildman–Crippen MR) is 84.7 cm³/mol. The van der Waals surface area contributed by atoms with E-state index in [0.29, 0.717) is 11.8 Å². The molecule has 0 amide bonds. The maximum Gasteiger partial charge on any atom is 0.0642 e. The second-order valence-electron chi connectivity index (χ2n) is 6.67. The molecule has 1 atom stereocenters. The van der Waals surface area contributed by atoms with Crippen LogP contribution in [-0.4, -0.2) is 26.3 Å². The second-order valence-corrected chi connectivity index (χ2v) is 6.67. The van der Waals surface area contributed by atoms with Crippen LogP contribution in [0.3, 0.4) is 0 Å². The largest absolute Gasteiger partial charge is 0.378 e. The quantitative estimate of drug-likeness (QED) is 0.816. The van der Waals surface area contributed by atoms with Crippen LogP contribution in [0.4, 0.5) is 5.69 Å². The molecule has 0 radical (unpaired) electrons. The van der Waals surface area contributed by atoms with Crippen molar-refractivity contribution in [3.63, 3.8) is 0 Å². The molecule has 0 spiro atoms. The minimum Gasteiger partial charge on any atom is -0.378 e. The van der Waals surface area contributed by atoms with Crippen LogP contribution in [0.5, 0.6) is 0 Å². The van der Waals surface area contributed by atoms with Crippen LogP contribution >= 0.6 is 0 Å². The lowest BCUT2D eigenvalue weighted by Crippen LogP contribution is -2.37. The van der Waals surface area contributed by atoms with Crippen LogP contribution in [0, 0.1) is 5.92 Å². The van der Waals surface area contributed by atoms with Crippen LogP contribution in [-0.2, 0) is 4.74 Å². The lowest BCUT2D eigenvalue weighted by atomic mass is 9.88. The van der Waals surface area contributed by atoms with E-state index in [4.69, 9.17) is 4.74 Å². The van der Waals surface area contributed by atoms with Crippen molar-refractivity contribution in [1.82, 2.24) is 0 Å². The third kappa shape index (κ3) is 2.71. The highest BCUT2D eigenvalue weighted by molar-refractivity contribution is 5.62. The zero-order valence-electron chi connectivity index (χ0n) is 13.1. The Hall–Kier alpha value is -1.02. The molecule has 1 unspecified atom stereocenters. The number of rotatable bonds is 4. The maximum atomic E-state index is 5.54. The summed E-state index contributed by atoms with van der Waals surface area (Å²) in [5.41, 5.74) is 4.60. The molecule has 2 nitrogen and oxygen atoms in total. The summed E-state index contributed by atoms with van der Waals surface area (Å²) in [6.45, 7) is 10.8. The Bertz CT molecular complexity index is 458. The minimum atomic E-state index is 0.583. The van der Waals surface area contributed by atoms with Crippen molar-refractivity contribution >= 4 is 5.69 Å². The number of hydrogen-bond acceptors (Lipinski definition) is 2. The molecule has 3 rings (SSSR count). The van der Waals surface area contributed by atoms with Gasteiger partial charge < -0.3 is 9.64 Å². The van der Waals surface area contributed by atoms with Gasteiger partial charge in [-0.2, -0.15) is 0 Å². The fraction of sp³-hybridized carbons (Fsp3) is 0.667. The van der Waals surface area contributed by atoms with Crippen molar-refractivity contribution in [3.05, 3.63) is 29.3 Å². The van der Waals surface area contributed by atoms with Gasteiger partial charge >= 0.3 is 0 Å². The van der Waals surface area contributed by atoms with Crippen molar-refractivity contribution in [2.45, 2.75) is 45.4 Å². The zero-order chi connectivity index (χ0) is 14.1. The molecule has 1 aromatic rings. The number of ether oxygens (including phenoxy) is 1. The van der Waals surface area contributed by atoms with Gasteiger partial charge in [-0.25, -0.2) is 0 Å². The molecule has 0 aromatic heterocycles. The van der Waals surface area contributed by atoms with E-state index in [2.05, 4.69) is 43.9 Å². The first-order chi connectivity index (χ1) is 9.68. The van der Waals surface area contributed by atoms with Gasteiger partial charge in [0.25, 0.3) is 0 Å². The van der Waals surface area contributed by atoms with E-state index in [1.165, 1.54) is 24.1 Å². The number of para-hydroxylation sites is 1. The zero-order valence-corrected chi connectivity index (χ0v) is 13.1. The molecule has 1 heterocycles. The summed E-state index contributed by atoms with van der Waals surface area (Å²) in [4.78, 5) is 2.56. The molecule has 2 aliphatic rings. The molecule has 0 bridgehead atoms. The average molecular weight is 273 g/mol. The van der Waals surface area contributed by atoms with E-state index in [1.807, 2.05) is 0 Å². The van der Waals surface area contributed by atoms with Gasteiger partial charge in [-0.05, 0) is 41.7 Å². The number of hydrogen-bond donors (Lipinski definition) is 0. The van der Waals surface area contributed by atoms with Crippen LogP contribution < -0.4 is 4.90 Å². The van der Waals surface area contributed by atoms with Gasteiger partial charge in [0.15, 0.2) is 0 Å².